The highest BCUT2D eigenvalue weighted by molar-refractivity contribution is 9.10. The molecule has 0 bridgehead atoms. The topological polar surface area (TPSA) is 79.1 Å². The first-order chi connectivity index (χ1) is 17.8. The number of carbonyl (C=O) groups is 1. The van der Waals surface area contributed by atoms with Crippen LogP contribution in [0.25, 0.3) is 6.08 Å². The van der Waals surface area contributed by atoms with Crippen molar-refractivity contribution < 1.29 is 19.0 Å². The minimum atomic E-state index is -0.630. The molecule has 1 aromatic heterocycles. The third-order valence-electron chi connectivity index (χ3n) is 5.75. The molecule has 0 saturated carbocycles. The van der Waals surface area contributed by atoms with Gasteiger partial charge in [0.05, 0.1) is 46.1 Å². The Hall–Kier alpha value is -3.17. The second-order valence-corrected chi connectivity index (χ2v) is 10.5. The molecular formula is C28H29BrN2O5S. The largest absolute Gasteiger partial charge is 0.490 e. The number of carbonyl (C=O) groups excluding carboxylic acids is 1. The van der Waals surface area contributed by atoms with Crippen molar-refractivity contribution in [2.45, 2.75) is 46.3 Å². The van der Waals surface area contributed by atoms with E-state index in [0.717, 1.165) is 15.6 Å². The van der Waals surface area contributed by atoms with Gasteiger partial charge in [-0.05, 0) is 72.5 Å². The summed E-state index contributed by atoms with van der Waals surface area (Å²) in [5.41, 5.74) is 2.35. The molecule has 0 radical (unpaired) electrons. The second kappa shape index (κ2) is 11.5. The Labute approximate surface area is 227 Å². The number of nitrogens with zero attached hydrogens (tertiary/aromatic N) is 2. The molecule has 194 valence electrons. The minimum absolute atomic E-state index is 0.0280. The normalized spacial score (nSPS) is 15.4. The lowest BCUT2D eigenvalue weighted by molar-refractivity contribution is -0.136. The summed E-state index contributed by atoms with van der Waals surface area (Å²) < 4.78 is 19.7. The van der Waals surface area contributed by atoms with Gasteiger partial charge >= 0.3 is 5.97 Å². The van der Waals surface area contributed by atoms with Crippen LogP contribution in [0.3, 0.4) is 0 Å². The Bertz CT molecular complexity index is 1520. The van der Waals surface area contributed by atoms with E-state index in [0.29, 0.717) is 45.1 Å². The predicted molar refractivity (Wildman–Crippen MR) is 148 cm³/mol. The predicted octanol–water partition coefficient (Wildman–Crippen LogP) is 4.75. The number of benzene rings is 2. The van der Waals surface area contributed by atoms with Gasteiger partial charge in [-0.15, -0.1) is 0 Å². The van der Waals surface area contributed by atoms with Crippen LogP contribution in [0.2, 0.25) is 0 Å². The van der Waals surface area contributed by atoms with Gasteiger partial charge in [0, 0.05) is 0 Å². The van der Waals surface area contributed by atoms with Crippen molar-refractivity contribution in [3.05, 3.63) is 89.0 Å². The van der Waals surface area contributed by atoms with Crippen LogP contribution in [0.1, 0.15) is 51.3 Å². The molecule has 0 amide bonds. The van der Waals surface area contributed by atoms with Gasteiger partial charge in [0.2, 0.25) is 0 Å². The van der Waals surface area contributed by atoms with Crippen molar-refractivity contribution in [3.63, 3.8) is 0 Å². The number of allylic oxidation sites excluding steroid dienone is 1. The van der Waals surface area contributed by atoms with Gasteiger partial charge in [-0.25, -0.2) is 9.79 Å². The highest BCUT2D eigenvalue weighted by Gasteiger charge is 2.33. The fourth-order valence-electron chi connectivity index (χ4n) is 4.25. The molecule has 1 aliphatic rings. The van der Waals surface area contributed by atoms with Crippen molar-refractivity contribution in [3.8, 4) is 11.5 Å². The molecule has 37 heavy (non-hydrogen) atoms. The first-order valence-electron chi connectivity index (χ1n) is 12.1. The lowest BCUT2D eigenvalue weighted by atomic mass is 9.95. The number of fused-ring (bicyclic) bond motifs is 1. The highest BCUT2D eigenvalue weighted by atomic mass is 79.9. The van der Waals surface area contributed by atoms with Gasteiger partial charge in [0.1, 0.15) is 0 Å². The average Bonchev–Trinajstić information content (AvgIpc) is 3.19. The first kappa shape index (κ1) is 26.9. The molecule has 3 aromatic rings. The molecule has 2 aromatic carbocycles. The van der Waals surface area contributed by atoms with Crippen LogP contribution >= 0.6 is 27.3 Å². The third-order valence-corrected chi connectivity index (χ3v) is 7.32. The van der Waals surface area contributed by atoms with Crippen molar-refractivity contribution >= 4 is 39.3 Å². The zero-order valence-electron chi connectivity index (χ0n) is 21.4. The van der Waals surface area contributed by atoms with E-state index in [9.17, 15) is 9.59 Å². The van der Waals surface area contributed by atoms with Gasteiger partial charge in [-0.3, -0.25) is 9.36 Å². The van der Waals surface area contributed by atoms with Crippen LogP contribution in [0.15, 0.2) is 68.0 Å². The van der Waals surface area contributed by atoms with E-state index in [4.69, 9.17) is 19.2 Å². The fraction of sp³-hybridized carbons (Fsp3) is 0.321. The number of rotatable bonds is 8. The monoisotopic (exact) mass is 584 g/mol. The fourth-order valence-corrected chi connectivity index (χ4v) is 5.82. The molecule has 0 spiro atoms. The molecule has 0 fully saturated rings. The molecule has 1 aliphatic heterocycles. The number of hydrogen-bond acceptors (Lipinski definition) is 7. The van der Waals surface area contributed by atoms with E-state index < -0.39 is 12.0 Å². The Balaban J connectivity index is 1.93. The third kappa shape index (κ3) is 5.43. The van der Waals surface area contributed by atoms with E-state index in [1.54, 1.807) is 4.57 Å². The van der Waals surface area contributed by atoms with Gasteiger partial charge < -0.3 is 14.2 Å². The van der Waals surface area contributed by atoms with Crippen molar-refractivity contribution in [2.24, 2.45) is 4.99 Å². The first-order valence-corrected chi connectivity index (χ1v) is 13.7. The van der Waals surface area contributed by atoms with Crippen molar-refractivity contribution in [1.29, 1.82) is 0 Å². The van der Waals surface area contributed by atoms with Gasteiger partial charge in [0.15, 0.2) is 16.3 Å². The van der Waals surface area contributed by atoms with E-state index in [1.165, 1.54) is 18.4 Å². The smallest absolute Gasteiger partial charge is 0.338 e. The maximum atomic E-state index is 13.8. The quantitative estimate of drug-likeness (QED) is 0.357. The Morgan fingerprint density at radius 1 is 1.22 bits per heavy atom. The maximum Gasteiger partial charge on any atom is 0.338 e. The van der Waals surface area contributed by atoms with E-state index in [-0.39, 0.29) is 11.7 Å². The summed E-state index contributed by atoms with van der Waals surface area (Å²) in [6.45, 7) is 8.22. The molecule has 2 heterocycles. The lowest BCUT2D eigenvalue weighted by Gasteiger charge is -2.25. The summed E-state index contributed by atoms with van der Waals surface area (Å²) >= 11 is 4.88. The number of halogens is 1. The highest BCUT2D eigenvalue weighted by Crippen LogP contribution is 2.38. The van der Waals surface area contributed by atoms with E-state index >= 15 is 0 Å². The lowest BCUT2D eigenvalue weighted by Crippen LogP contribution is -2.40. The summed E-state index contributed by atoms with van der Waals surface area (Å²) in [5, 5.41) is 0. The summed E-state index contributed by atoms with van der Waals surface area (Å²) in [5.74, 6) is 0.720. The van der Waals surface area contributed by atoms with Crippen LogP contribution in [-0.4, -0.2) is 30.4 Å². The molecule has 1 atom stereocenters. The minimum Gasteiger partial charge on any atom is -0.490 e. The number of methoxy groups -OCH3 is 1. The molecule has 7 nitrogen and oxygen atoms in total. The number of ether oxygens (including phenoxy) is 3. The van der Waals surface area contributed by atoms with Gasteiger partial charge in [-0.2, -0.15) is 0 Å². The van der Waals surface area contributed by atoms with Crippen molar-refractivity contribution in [1.82, 2.24) is 4.57 Å². The van der Waals surface area contributed by atoms with Crippen LogP contribution in [-0.2, 0) is 9.53 Å². The van der Waals surface area contributed by atoms with Crippen LogP contribution in [0.5, 0.6) is 11.5 Å². The van der Waals surface area contributed by atoms with E-state index in [1.807, 2.05) is 76.2 Å². The number of esters is 1. The zero-order valence-corrected chi connectivity index (χ0v) is 23.8. The summed E-state index contributed by atoms with van der Waals surface area (Å²) in [7, 11) is 1.34. The Morgan fingerprint density at radius 3 is 2.57 bits per heavy atom. The molecule has 9 heteroatoms. The molecule has 0 aliphatic carbocycles. The summed E-state index contributed by atoms with van der Waals surface area (Å²) in [6.07, 6.45) is 2.31. The van der Waals surface area contributed by atoms with E-state index in [2.05, 4.69) is 15.9 Å². The van der Waals surface area contributed by atoms with Gasteiger partial charge in [0.25, 0.3) is 5.56 Å². The van der Waals surface area contributed by atoms with Crippen LogP contribution < -0.4 is 24.4 Å². The number of thiazole rings is 1. The maximum absolute atomic E-state index is 13.8. The van der Waals surface area contributed by atoms with Crippen LogP contribution in [0.4, 0.5) is 0 Å². The summed E-state index contributed by atoms with van der Waals surface area (Å²) in [4.78, 5) is 31.9. The summed E-state index contributed by atoms with van der Waals surface area (Å²) in [6, 6.07) is 12.6. The average molecular weight is 586 g/mol. The number of aromatic nitrogens is 1. The van der Waals surface area contributed by atoms with Crippen LogP contribution in [0, 0.1) is 0 Å². The van der Waals surface area contributed by atoms with Crippen molar-refractivity contribution in [2.75, 3.05) is 13.7 Å². The molecule has 0 saturated heterocycles. The molecule has 0 unspecified atom stereocenters. The Kier molecular flexibility index (Phi) is 8.34. The standard InChI is InChI=1S/C28H29BrN2O5S/c1-6-20-23(27(33)34-5)24(18-11-9-8-10-12-18)31-26(32)22(37-28(31)30-20)15-17-13-19(29)25(36-16(3)4)21(14-17)35-7-2/h8-16,24H,6-7H2,1-5H3/b22-15+/t24-/m0/s1. The zero-order chi connectivity index (χ0) is 26.7. The SMILES string of the molecule is CCOc1cc(/C=c2/sc3n(c2=O)[C@@H](c2ccccc2)C(C(=O)OC)=C(CC)N=3)cc(Br)c1OC(C)C. The molecular weight excluding hydrogens is 556 g/mol. The molecule has 0 N–H and O–H groups in total. The Morgan fingerprint density at radius 2 is 1.95 bits per heavy atom. The second-order valence-electron chi connectivity index (χ2n) is 8.63. The molecule has 4 rings (SSSR count). The number of hydrogen-bond donors (Lipinski definition) is 0. The van der Waals surface area contributed by atoms with Gasteiger partial charge in [-0.1, -0.05) is 48.6 Å².